The Bertz CT molecular complexity index is 1160. The Labute approximate surface area is 218 Å². The molecule has 188 valence electrons. The number of thioether (sulfide) groups is 1. The van der Waals surface area contributed by atoms with Crippen molar-refractivity contribution in [2.24, 2.45) is 0 Å². The van der Waals surface area contributed by atoms with Crippen LogP contribution in [0.2, 0.25) is 0 Å². The lowest BCUT2D eigenvalue weighted by molar-refractivity contribution is -0.115. The van der Waals surface area contributed by atoms with Crippen LogP contribution >= 0.6 is 11.8 Å². The van der Waals surface area contributed by atoms with Gasteiger partial charge >= 0.3 is 0 Å². The fourth-order valence-electron chi connectivity index (χ4n) is 4.38. The van der Waals surface area contributed by atoms with Crippen LogP contribution in [0.1, 0.15) is 66.4 Å². The highest BCUT2D eigenvalue weighted by Gasteiger charge is 2.35. The quantitative estimate of drug-likeness (QED) is 0.281. The van der Waals surface area contributed by atoms with Crippen molar-refractivity contribution < 1.29 is 14.3 Å². The van der Waals surface area contributed by atoms with Gasteiger partial charge in [0.1, 0.15) is 11.1 Å². The Morgan fingerprint density at radius 3 is 2.44 bits per heavy atom. The summed E-state index contributed by atoms with van der Waals surface area (Å²) in [5.41, 5.74) is 4.43. The number of carbonyl (C=O) groups excluding carboxylic acids is 2. The number of hydrogen-bond donors (Lipinski definition) is 1. The van der Waals surface area contributed by atoms with Gasteiger partial charge in [-0.15, -0.1) is 11.8 Å². The first-order chi connectivity index (χ1) is 17.6. The van der Waals surface area contributed by atoms with E-state index in [0.29, 0.717) is 23.7 Å². The van der Waals surface area contributed by atoms with E-state index in [2.05, 4.69) is 12.2 Å². The first-order valence-electron chi connectivity index (χ1n) is 12.8. The van der Waals surface area contributed by atoms with E-state index < -0.39 is 0 Å². The molecule has 0 bridgehead atoms. The number of benzene rings is 3. The summed E-state index contributed by atoms with van der Waals surface area (Å²) in [5.74, 6) is 1.05. The summed E-state index contributed by atoms with van der Waals surface area (Å²) in [5, 5.41) is 2.84. The van der Waals surface area contributed by atoms with Crippen LogP contribution in [-0.2, 0) is 11.2 Å². The Kier molecular flexibility index (Phi) is 9.06. The number of unbranched alkanes of at least 4 members (excludes halogenated alkanes) is 3. The number of carbonyl (C=O) groups is 2. The zero-order chi connectivity index (χ0) is 25.3. The molecule has 1 N–H and O–H groups in total. The standard InChI is InChI=1S/C30H34N2O3S/c1-3-5-6-7-10-22-13-15-23(16-14-22)29(34)31-25-19-17-24(18-20-25)30-32(28(33)21-36-30)26-11-8-9-12-27(26)35-4-2/h8-9,11-20,30H,3-7,10,21H2,1-2H3,(H,31,34)/t30-/m0/s1. The van der Waals surface area contributed by atoms with Gasteiger partial charge in [0.2, 0.25) is 5.91 Å². The molecule has 1 fully saturated rings. The van der Waals surface area contributed by atoms with Crippen molar-refractivity contribution in [3.63, 3.8) is 0 Å². The normalized spacial score (nSPS) is 15.2. The van der Waals surface area contributed by atoms with E-state index in [4.69, 9.17) is 4.74 Å². The number of nitrogens with one attached hydrogen (secondary N) is 1. The van der Waals surface area contributed by atoms with Crippen molar-refractivity contribution in [2.75, 3.05) is 22.6 Å². The molecule has 6 heteroatoms. The Balaban J connectivity index is 1.41. The summed E-state index contributed by atoms with van der Waals surface area (Å²) in [4.78, 5) is 27.4. The predicted molar refractivity (Wildman–Crippen MR) is 149 cm³/mol. The van der Waals surface area contributed by atoms with Crippen molar-refractivity contribution in [3.05, 3.63) is 89.5 Å². The summed E-state index contributed by atoms with van der Waals surface area (Å²) in [6, 6.07) is 23.3. The number of aryl methyl sites for hydroxylation is 1. The monoisotopic (exact) mass is 502 g/mol. The van der Waals surface area contributed by atoms with E-state index in [9.17, 15) is 9.59 Å². The van der Waals surface area contributed by atoms with Crippen molar-refractivity contribution >= 4 is 35.0 Å². The van der Waals surface area contributed by atoms with Crippen molar-refractivity contribution in [1.82, 2.24) is 0 Å². The van der Waals surface area contributed by atoms with E-state index in [1.54, 1.807) is 11.8 Å². The molecule has 2 amide bonds. The maximum Gasteiger partial charge on any atom is 0.255 e. The summed E-state index contributed by atoms with van der Waals surface area (Å²) < 4.78 is 5.77. The molecule has 0 aliphatic carbocycles. The molecule has 0 spiro atoms. The zero-order valence-corrected chi connectivity index (χ0v) is 21.9. The van der Waals surface area contributed by atoms with Crippen LogP contribution in [0.25, 0.3) is 0 Å². The molecule has 1 atom stereocenters. The SMILES string of the molecule is CCCCCCc1ccc(C(=O)Nc2ccc([C@@H]3SCC(=O)N3c3ccccc3OCC)cc2)cc1. The van der Waals surface area contributed by atoms with Crippen molar-refractivity contribution in [3.8, 4) is 5.75 Å². The molecule has 5 nitrogen and oxygen atoms in total. The van der Waals surface area contributed by atoms with Crippen LogP contribution in [-0.4, -0.2) is 24.2 Å². The Morgan fingerprint density at radius 2 is 1.72 bits per heavy atom. The van der Waals surface area contributed by atoms with Gasteiger partial charge in [0, 0.05) is 11.3 Å². The molecular weight excluding hydrogens is 468 g/mol. The van der Waals surface area contributed by atoms with Crippen LogP contribution in [0.4, 0.5) is 11.4 Å². The first kappa shape index (κ1) is 25.8. The molecule has 1 heterocycles. The van der Waals surface area contributed by atoms with E-state index in [0.717, 1.165) is 23.4 Å². The number of ether oxygens (including phenoxy) is 1. The molecule has 4 rings (SSSR count). The lowest BCUT2D eigenvalue weighted by atomic mass is 10.0. The number of hydrogen-bond acceptors (Lipinski definition) is 4. The highest BCUT2D eigenvalue weighted by molar-refractivity contribution is 8.00. The number of nitrogens with zero attached hydrogens (tertiary/aromatic N) is 1. The fourth-order valence-corrected chi connectivity index (χ4v) is 5.55. The third-order valence-electron chi connectivity index (χ3n) is 6.28. The van der Waals surface area contributed by atoms with E-state index in [1.807, 2.05) is 84.6 Å². The highest BCUT2D eigenvalue weighted by Crippen LogP contribution is 2.44. The predicted octanol–water partition coefficient (Wildman–Crippen LogP) is 7.24. The summed E-state index contributed by atoms with van der Waals surface area (Å²) >= 11 is 1.59. The molecule has 1 saturated heterocycles. The summed E-state index contributed by atoms with van der Waals surface area (Å²) in [7, 11) is 0. The number of para-hydroxylation sites is 2. The number of amides is 2. The largest absolute Gasteiger partial charge is 0.492 e. The average molecular weight is 503 g/mol. The molecule has 3 aromatic rings. The minimum absolute atomic E-state index is 0.0587. The molecule has 0 saturated carbocycles. The summed E-state index contributed by atoms with van der Waals surface area (Å²) in [6.07, 6.45) is 5.99. The van der Waals surface area contributed by atoms with Gasteiger partial charge < -0.3 is 10.1 Å². The fraction of sp³-hybridized carbons (Fsp3) is 0.333. The van der Waals surface area contributed by atoms with E-state index in [-0.39, 0.29) is 17.2 Å². The van der Waals surface area contributed by atoms with Gasteiger partial charge in [-0.05, 0) is 67.3 Å². The smallest absolute Gasteiger partial charge is 0.255 e. The second-order valence-electron chi connectivity index (χ2n) is 8.91. The minimum Gasteiger partial charge on any atom is -0.492 e. The van der Waals surface area contributed by atoms with Crippen LogP contribution in [0.5, 0.6) is 5.75 Å². The maximum absolute atomic E-state index is 12.8. The van der Waals surface area contributed by atoms with Gasteiger partial charge in [0.25, 0.3) is 5.91 Å². The Morgan fingerprint density at radius 1 is 0.972 bits per heavy atom. The van der Waals surface area contributed by atoms with Crippen molar-refractivity contribution in [2.45, 2.75) is 51.3 Å². The molecule has 0 radical (unpaired) electrons. The summed E-state index contributed by atoms with van der Waals surface area (Å²) in [6.45, 7) is 4.69. The molecule has 1 aliphatic rings. The molecule has 1 aliphatic heterocycles. The van der Waals surface area contributed by atoms with Gasteiger partial charge in [0.05, 0.1) is 18.0 Å². The average Bonchev–Trinajstić information content (AvgIpc) is 3.29. The highest BCUT2D eigenvalue weighted by atomic mass is 32.2. The van der Waals surface area contributed by atoms with E-state index >= 15 is 0 Å². The molecule has 36 heavy (non-hydrogen) atoms. The second kappa shape index (κ2) is 12.6. The zero-order valence-electron chi connectivity index (χ0n) is 21.0. The van der Waals surface area contributed by atoms with Crippen LogP contribution < -0.4 is 15.0 Å². The maximum atomic E-state index is 12.8. The van der Waals surface area contributed by atoms with Crippen LogP contribution in [0, 0.1) is 0 Å². The molecule has 3 aromatic carbocycles. The minimum atomic E-state index is -0.145. The second-order valence-corrected chi connectivity index (χ2v) is 9.98. The number of anilines is 2. The third-order valence-corrected chi connectivity index (χ3v) is 7.49. The molecular formula is C30H34N2O3S. The van der Waals surface area contributed by atoms with Gasteiger partial charge in [-0.3, -0.25) is 14.5 Å². The number of rotatable bonds is 11. The van der Waals surface area contributed by atoms with E-state index in [1.165, 1.54) is 31.2 Å². The Hall–Kier alpha value is -3.25. The third kappa shape index (κ3) is 6.30. The van der Waals surface area contributed by atoms with Gasteiger partial charge in [-0.1, -0.05) is 62.6 Å². The lowest BCUT2D eigenvalue weighted by Crippen LogP contribution is -2.28. The van der Waals surface area contributed by atoms with Gasteiger partial charge in [-0.25, -0.2) is 0 Å². The lowest BCUT2D eigenvalue weighted by Gasteiger charge is -2.26. The van der Waals surface area contributed by atoms with Gasteiger partial charge in [0.15, 0.2) is 0 Å². The van der Waals surface area contributed by atoms with Crippen molar-refractivity contribution in [1.29, 1.82) is 0 Å². The first-order valence-corrected chi connectivity index (χ1v) is 13.8. The topological polar surface area (TPSA) is 58.6 Å². The van der Waals surface area contributed by atoms with Crippen LogP contribution in [0.15, 0.2) is 72.8 Å². The van der Waals surface area contributed by atoms with Crippen LogP contribution in [0.3, 0.4) is 0 Å². The molecule has 0 unspecified atom stereocenters. The molecule has 0 aromatic heterocycles. The van der Waals surface area contributed by atoms with Gasteiger partial charge in [-0.2, -0.15) is 0 Å².